The van der Waals surface area contributed by atoms with E-state index in [1.54, 1.807) is 0 Å². The number of ether oxygens (including phenoxy) is 1. The van der Waals surface area contributed by atoms with Gasteiger partial charge in [-0.1, -0.05) is 54.8 Å². The molecule has 2 aliphatic rings. The Morgan fingerprint density at radius 2 is 1.90 bits per heavy atom. The largest absolute Gasteiger partial charge is 0.390 e. The summed E-state index contributed by atoms with van der Waals surface area (Å²) >= 11 is 0. The summed E-state index contributed by atoms with van der Waals surface area (Å²) in [4.78, 5) is 12.2. The maximum absolute atomic E-state index is 12.2. The smallest absolute Gasteiger partial charge is 0.315 e. The Kier molecular flexibility index (Phi) is 7.02. The van der Waals surface area contributed by atoms with Crippen LogP contribution in [-0.4, -0.2) is 47.2 Å². The van der Waals surface area contributed by atoms with Gasteiger partial charge in [-0.2, -0.15) is 0 Å². The van der Waals surface area contributed by atoms with E-state index in [-0.39, 0.29) is 18.2 Å². The Morgan fingerprint density at radius 3 is 2.70 bits per heavy atom. The highest BCUT2D eigenvalue weighted by molar-refractivity contribution is 5.74. The zero-order chi connectivity index (χ0) is 20.8. The van der Waals surface area contributed by atoms with E-state index in [1.165, 1.54) is 19.3 Å². The minimum absolute atomic E-state index is 0.0599. The Hall–Kier alpha value is -2.38. The Labute approximate surface area is 177 Å². The molecule has 1 aromatic carbocycles. The van der Waals surface area contributed by atoms with E-state index >= 15 is 0 Å². The van der Waals surface area contributed by atoms with Gasteiger partial charge >= 0.3 is 6.03 Å². The molecule has 1 aliphatic heterocycles. The fourth-order valence-corrected chi connectivity index (χ4v) is 4.34. The fourth-order valence-electron chi connectivity index (χ4n) is 4.34. The van der Waals surface area contributed by atoms with Crippen LogP contribution in [-0.2, 0) is 11.2 Å². The van der Waals surface area contributed by atoms with Crippen molar-refractivity contribution in [2.45, 2.75) is 75.7 Å². The van der Waals surface area contributed by atoms with Crippen molar-refractivity contribution in [2.75, 3.05) is 6.54 Å². The van der Waals surface area contributed by atoms with Crippen LogP contribution in [0.25, 0.3) is 11.3 Å². The maximum Gasteiger partial charge on any atom is 0.315 e. The van der Waals surface area contributed by atoms with Crippen molar-refractivity contribution >= 4 is 6.03 Å². The molecule has 0 unspecified atom stereocenters. The first-order valence-corrected chi connectivity index (χ1v) is 11.1. The van der Waals surface area contributed by atoms with Gasteiger partial charge in [0.15, 0.2) is 5.76 Å². The molecule has 2 fully saturated rings. The van der Waals surface area contributed by atoms with E-state index in [4.69, 9.17) is 9.26 Å². The quantitative estimate of drug-likeness (QED) is 0.674. The average molecular weight is 414 g/mol. The van der Waals surface area contributed by atoms with E-state index in [0.29, 0.717) is 19.4 Å². The second kappa shape index (κ2) is 10.1. The van der Waals surface area contributed by atoms with E-state index < -0.39 is 12.2 Å². The Bertz CT molecular complexity index is 804. The number of carbonyl (C=O) groups is 1. The number of hydrogen-bond donors (Lipinski definition) is 3. The van der Waals surface area contributed by atoms with Crippen LogP contribution < -0.4 is 10.6 Å². The van der Waals surface area contributed by atoms with Gasteiger partial charge in [0.05, 0.1) is 17.9 Å². The molecular weight excluding hydrogens is 382 g/mol. The first-order valence-electron chi connectivity index (χ1n) is 11.1. The molecule has 3 N–H and O–H groups in total. The summed E-state index contributed by atoms with van der Waals surface area (Å²) in [6.45, 7) is 0.296. The predicted octanol–water partition coefficient (Wildman–Crippen LogP) is 3.42. The van der Waals surface area contributed by atoms with Crippen LogP contribution in [0.15, 0.2) is 40.9 Å². The van der Waals surface area contributed by atoms with Crippen LogP contribution in [0, 0.1) is 0 Å². The van der Waals surface area contributed by atoms with Crippen LogP contribution in [0.2, 0.25) is 0 Å². The predicted molar refractivity (Wildman–Crippen MR) is 113 cm³/mol. The molecule has 0 spiro atoms. The lowest BCUT2D eigenvalue weighted by Crippen LogP contribution is -2.50. The van der Waals surface area contributed by atoms with Crippen molar-refractivity contribution in [3.63, 3.8) is 0 Å². The van der Waals surface area contributed by atoms with Gasteiger partial charge in [-0.3, -0.25) is 0 Å². The number of carbonyl (C=O) groups excluding carboxylic acids is 1. The minimum atomic E-state index is -0.576. The number of urea groups is 1. The first-order chi connectivity index (χ1) is 14.7. The normalized spacial score (nSPS) is 25.0. The van der Waals surface area contributed by atoms with Crippen molar-refractivity contribution in [2.24, 2.45) is 0 Å². The average Bonchev–Trinajstić information content (AvgIpc) is 3.24. The molecule has 3 atom stereocenters. The van der Waals surface area contributed by atoms with Gasteiger partial charge in [0, 0.05) is 30.6 Å². The molecule has 1 saturated carbocycles. The third kappa shape index (κ3) is 5.61. The maximum atomic E-state index is 12.2. The van der Waals surface area contributed by atoms with Crippen LogP contribution in [0.1, 0.15) is 50.6 Å². The van der Waals surface area contributed by atoms with Gasteiger partial charge in [0.2, 0.25) is 0 Å². The third-order valence-corrected chi connectivity index (χ3v) is 6.04. The fraction of sp³-hybridized carbons (Fsp3) is 0.565. The molecule has 162 valence electrons. The number of hydrogen-bond acceptors (Lipinski definition) is 5. The van der Waals surface area contributed by atoms with Crippen LogP contribution in [0.5, 0.6) is 0 Å². The van der Waals surface area contributed by atoms with Crippen LogP contribution in [0.3, 0.4) is 0 Å². The van der Waals surface area contributed by atoms with E-state index in [9.17, 15) is 9.90 Å². The number of amides is 2. The van der Waals surface area contributed by atoms with Gasteiger partial charge in [0.1, 0.15) is 6.10 Å². The molecule has 1 aliphatic carbocycles. The summed E-state index contributed by atoms with van der Waals surface area (Å²) in [5, 5.41) is 20.4. The second-order valence-corrected chi connectivity index (χ2v) is 8.38. The van der Waals surface area contributed by atoms with E-state index in [0.717, 1.165) is 36.3 Å². The highest BCUT2D eigenvalue weighted by atomic mass is 16.5. The Balaban J connectivity index is 1.26. The third-order valence-electron chi connectivity index (χ3n) is 6.04. The van der Waals surface area contributed by atoms with Crippen LogP contribution >= 0.6 is 0 Å². The van der Waals surface area contributed by atoms with Crippen LogP contribution in [0.4, 0.5) is 4.79 Å². The molecule has 2 aromatic rings. The summed E-state index contributed by atoms with van der Waals surface area (Å²) in [5.41, 5.74) is 1.82. The molecule has 0 radical (unpaired) electrons. The minimum Gasteiger partial charge on any atom is -0.390 e. The number of aliphatic hydroxyl groups is 1. The zero-order valence-corrected chi connectivity index (χ0v) is 17.3. The summed E-state index contributed by atoms with van der Waals surface area (Å²) in [6.07, 6.45) is 6.64. The second-order valence-electron chi connectivity index (χ2n) is 8.38. The van der Waals surface area contributed by atoms with Crippen molar-refractivity contribution in [1.29, 1.82) is 0 Å². The lowest BCUT2D eigenvalue weighted by atomic mass is 9.96. The number of aromatic nitrogens is 1. The molecule has 7 heteroatoms. The standard InChI is InChI=1S/C23H31N3O4/c27-20-12-11-19(13-18-14-21(30-26-18)16-7-3-1-4-8-16)29-22(20)15-24-23(28)25-17-9-5-2-6-10-17/h1,3-4,7-8,14,17,19-20,22,27H,2,5-6,9-13,15H2,(H2,24,25,28)/t19-,20-,22+/m0/s1. The number of nitrogens with zero attached hydrogens (tertiary/aromatic N) is 1. The highest BCUT2D eigenvalue weighted by Crippen LogP contribution is 2.25. The number of benzene rings is 1. The monoisotopic (exact) mass is 413 g/mol. The van der Waals surface area contributed by atoms with Gasteiger partial charge in [-0.25, -0.2) is 4.79 Å². The van der Waals surface area contributed by atoms with Gasteiger partial charge in [0.25, 0.3) is 0 Å². The molecule has 4 rings (SSSR count). The Morgan fingerprint density at radius 1 is 1.10 bits per heavy atom. The lowest BCUT2D eigenvalue weighted by molar-refractivity contribution is -0.113. The number of aliphatic hydroxyl groups excluding tert-OH is 1. The van der Waals surface area contributed by atoms with E-state index in [1.807, 2.05) is 36.4 Å². The SMILES string of the molecule is O=C(NC[C@H]1O[C@H](Cc2cc(-c3ccccc3)on2)CC[C@@H]1O)NC1CCCCC1. The van der Waals surface area contributed by atoms with Crippen molar-refractivity contribution in [3.8, 4) is 11.3 Å². The molecule has 7 nitrogen and oxygen atoms in total. The summed E-state index contributed by atoms with van der Waals surface area (Å²) in [6, 6.07) is 11.9. The molecule has 1 aromatic heterocycles. The number of nitrogens with one attached hydrogen (secondary N) is 2. The lowest BCUT2D eigenvalue weighted by Gasteiger charge is -2.34. The molecule has 2 amide bonds. The molecule has 0 bridgehead atoms. The van der Waals surface area contributed by atoms with Gasteiger partial charge in [-0.05, 0) is 25.7 Å². The molecular formula is C23H31N3O4. The van der Waals surface area contributed by atoms with Crippen molar-refractivity contribution < 1.29 is 19.2 Å². The van der Waals surface area contributed by atoms with Crippen molar-refractivity contribution in [1.82, 2.24) is 15.8 Å². The number of rotatable bonds is 6. The first kappa shape index (κ1) is 20.9. The zero-order valence-electron chi connectivity index (χ0n) is 17.3. The van der Waals surface area contributed by atoms with Crippen molar-refractivity contribution in [3.05, 3.63) is 42.1 Å². The van der Waals surface area contributed by atoms with Gasteiger partial charge < -0.3 is 25.0 Å². The van der Waals surface area contributed by atoms with E-state index in [2.05, 4.69) is 15.8 Å². The highest BCUT2D eigenvalue weighted by Gasteiger charge is 2.31. The molecule has 1 saturated heterocycles. The molecule has 30 heavy (non-hydrogen) atoms. The summed E-state index contributed by atoms with van der Waals surface area (Å²) in [7, 11) is 0. The summed E-state index contributed by atoms with van der Waals surface area (Å²) < 4.78 is 11.6. The topological polar surface area (TPSA) is 96.6 Å². The van der Waals surface area contributed by atoms with Gasteiger partial charge in [-0.15, -0.1) is 0 Å². The molecule has 2 heterocycles. The summed E-state index contributed by atoms with van der Waals surface area (Å²) in [5.74, 6) is 0.735.